The molecule has 0 radical (unpaired) electrons. The van der Waals surface area contributed by atoms with Crippen molar-refractivity contribution in [1.82, 2.24) is 0 Å². The second-order valence-electron chi connectivity index (χ2n) is 3.23. The van der Waals surface area contributed by atoms with Crippen molar-refractivity contribution in [1.29, 1.82) is 0 Å². The van der Waals surface area contributed by atoms with Crippen molar-refractivity contribution < 1.29 is 0 Å². The molecule has 0 fully saturated rings. The summed E-state index contributed by atoms with van der Waals surface area (Å²) in [6.45, 7) is 4.33. The Bertz CT molecular complexity index is 418. The van der Waals surface area contributed by atoms with Gasteiger partial charge in [-0.3, -0.25) is 0 Å². The van der Waals surface area contributed by atoms with Gasteiger partial charge in [0, 0.05) is 0 Å². The summed E-state index contributed by atoms with van der Waals surface area (Å²) >= 11 is 0. The smallest absolute Gasteiger partial charge is 0.0152 e. The van der Waals surface area contributed by atoms with Crippen LogP contribution in [0.2, 0.25) is 0 Å². The van der Waals surface area contributed by atoms with Crippen LogP contribution in [-0.4, -0.2) is 0 Å². The first kappa shape index (κ1) is 10.1. The quantitative estimate of drug-likeness (QED) is 0.595. The molecule has 0 aromatic heterocycles. The number of fused-ring (bicyclic) bond motifs is 1. The van der Waals surface area contributed by atoms with Crippen molar-refractivity contribution in [2.75, 3.05) is 0 Å². The second kappa shape index (κ2) is 3.80. The van der Waals surface area contributed by atoms with E-state index in [1.54, 1.807) is 0 Å². The maximum atomic E-state index is 2.18. The fourth-order valence-corrected chi connectivity index (χ4v) is 1.54. The van der Waals surface area contributed by atoms with Crippen molar-refractivity contribution in [2.45, 2.75) is 13.8 Å². The predicted octanol–water partition coefficient (Wildman–Crippen LogP) is 3.88. The molecule has 0 N–H and O–H groups in total. The monoisotopic (exact) mass is 192 g/mol. The molecule has 0 aliphatic rings. The van der Waals surface area contributed by atoms with Gasteiger partial charge in [-0.1, -0.05) is 36.4 Å². The number of hydrogen-bond donors (Lipinski definition) is 0. The van der Waals surface area contributed by atoms with E-state index in [9.17, 15) is 0 Å². The van der Waals surface area contributed by atoms with Crippen molar-refractivity contribution in [3.8, 4) is 0 Å². The zero-order valence-corrected chi connectivity index (χ0v) is 8.69. The lowest BCUT2D eigenvalue weighted by molar-refractivity contribution is 1.38. The zero-order valence-electron chi connectivity index (χ0n) is 7.87. The molecule has 1 heteroatoms. The Morgan fingerprint density at radius 3 is 2.31 bits per heavy atom. The SMILES string of the molecule is Cc1ccc2ccccc2c1C.Cl. The van der Waals surface area contributed by atoms with Crippen LogP contribution in [-0.2, 0) is 0 Å². The molecule has 0 bridgehead atoms. The fourth-order valence-electron chi connectivity index (χ4n) is 1.54. The molecule has 0 nitrogen and oxygen atoms in total. The van der Waals surface area contributed by atoms with Gasteiger partial charge in [0.05, 0.1) is 0 Å². The first-order chi connectivity index (χ1) is 5.79. The lowest BCUT2D eigenvalue weighted by atomic mass is 10.0. The third-order valence-corrected chi connectivity index (χ3v) is 2.47. The average Bonchev–Trinajstić information content (AvgIpc) is 2.12. The highest BCUT2D eigenvalue weighted by atomic mass is 35.5. The number of halogens is 1. The molecule has 0 amide bonds. The van der Waals surface area contributed by atoms with Crippen LogP contribution < -0.4 is 0 Å². The van der Waals surface area contributed by atoms with E-state index in [1.807, 2.05) is 0 Å². The Hall–Kier alpha value is -1.01. The van der Waals surface area contributed by atoms with Crippen LogP contribution in [0, 0.1) is 13.8 Å². The molecule has 0 aliphatic carbocycles. The van der Waals surface area contributed by atoms with E-state index in [2.05, 4.69) is 50.2 Å². The summed E-state index contributed by atoms with van der Waals surface area (Å²) in [5.41, 5.74) is 2.77. The van der Waals surface area contributed by atoms with Gasteiger partial charge in [0.1, 0.15) is 0 Å². The zero-order chi connectivity index (χ0) is 8.55. The lowest BCUT2D eigenvalue weighted by Gasteiger charge is -2.04. The molecule has 0 unspecified atom stereocenters. The summed E-state index contributed by atoms with van der Waals surface area (Å²) in [5.74, 6) is 0. The van der Waals surface area contributed by atoms with E-state index in [1.165, 1.54) is 21.9 Å². The predicted molar refractivity (Wildman–Crippen MR) is 60.7 cm³/mol. The highest BCUT2D eigenvalue weighted by molar-refractivity contribution is 5.86. The van der Waals surface area contributed by atoms with Crippen LogP contribution in [0.25, 0.3) is 10.8 Å². The van der Waals surface area contributed by atoms with E-state index >= 15 is 0 Å². The summed E-state index contributed by atoms with van der Waals surface area (Å²) in [5, 5.41) is 2.71. The largest absolute Gasteiger partial charge is 0.147 e. The fraction of sp³-hybridized carbons (Fsp3) is 0.167. The summed E-state index contributed by atoms with van der Waals surface area (Å²) in [6.07, 6.45) is 0. The molecule has 2 aromatic carbocycles. The maximum absolute atomic E-state index is 2.18. The van der Waals surface area contributed by atoms with Crippen molar-refractivity contribution in [3.05, 3.63) is 47.5 Å². The van der Waals surface area contributed by atoms with E-state index in [0.29, 0.717) is 0 Å². The van der Waals surface area contributed by atoms with Crippen LogP contribution in [0.4, 0.5) is 0 Å². The summed E-state index contributed by atoms with van der Waals surface area (Å²) < 4.78 is 0. The van der Waals surface area contributed by atoms with E-state index in [-0.39, 0.29) is 12.4 Å². The number of aryl methyl sites for hydroxylation is 2. The Morgan fingerprint density at radius 2 is 1.54 bits per heavy atom. The lowest BCUT2D eigenvalue weighted by Crippen LogP contribution is -1.82. The van der Waals surface area contributed by atoms with Gasteiger partial charge in [-0.2, -0.15) is 0 Å². The maximum Gasteiger partial charge on any atom is -0.0152 e. The van der Waals surface area contributed by atoms with Gasteiger partial charge in [0.15, 0.2) is 0 Å². The normalized spacial score (nSPS) is 9.69. The van der Waals surface area contributed by atoms with Gasteiger partial charge < -0.3 is 0 Å². The van der Waals surface area contributed by atoms with Gasteiger partial charge >= 0.3 is 0 Å². The Balaban J connectivity index is 0.000000845. The first-order valence-electron chi connectivity index (χ1n) is 4.24. The Labute approximate surface area is 85.0 Å². The van der Waals surface area contributed by atoms with Gasteiger partial charge in [0.2, 0.25) is 0 Å². The molecule has 68 valence electrons. The Morgan fingerprint density at radius 1 is 0.846 bits per heavy atom. The molecular weight excluding hydrogens is 180 g/mol. The van der Waals surface area contributed by atoms with Gasteiger partial charge in [-0.05, 0) is 35.7 Å². The average molecular weight is 193 g/mol. The highest BCUT2D eigenvalue weighted by Crippen LogP contribution is 2.20. The number of benzene rings is 2. The molecule has 0 saturated carbocycles. The minimum atomic E-state index is 0. The van der Waals surface area contributed by atoms with Crippen LogP contribution >= 0.6 is 12.4 Å². The van der Waals surface area contributed by atoms with E-state index in [0.717, 1.165) is 0 Å². The van der Waals surface area contributed by atoms with E-state index in [4.69, 9.17) is 0 Å². The van der Waals surface area contributed by atoms with Crippen LogP contribution in [0.3, 0.4) is 0 Å². The molecule has 0 heterocycles. The molecule has 13 heavy (non-hydrogen) atoms. The minimum absolute atomic E-state index is 0. The molecule has 0 aliphatic heterocycles. The molecule has 0 atom stereocenters. The molecule has 0 saturated heterocycles. The third-order valence-electron chi connectivity index (χ3n) is 2.47. The van der Waals surface area contributed by atoms with Gasteiger partial charge in [0.25, 0.3) is 0 Å². The topological polar surface area (TPSA) is 0 Å². The van der Waals surface area contributed by atoms with Gasteiger partial charge in [-0.25, -0.2) is 0 Å². The number of rotatable bonds is 0. The molecule has 2 rings (SSSR count). The highest BCUT2D eigenvalue weighted by Gasteiger charge is 1.97. The first-order valence-corrected chi connectivity index (χ1v) is 4.24. The van der Waals surface area contributed by atoms with Gasteiger partial charge in [-0.15, -0.1) is 12.4 Å². The third kappa shape index (κ3) is 1.68. The minimum Gasteiger partial charge on any atom is -0.147 e. The van der Waals surface area contributed by atoms with Crippen LogP contribution in [0.15, 0.2) is 36.4 Å². The summed E-state index contributed by atoms with van der Waals surface area (Å²) in [6, 6.07) is 12.9. The Kier molecular flexibility index (Phi) is 2.94. The number of hydrogen-bond acceptors (Lipinski definition) is 0. The van der Waals surface area contributed by atoms with Crippen LogP contribution in [0.5, 0.6) is 0 Å². The molecule has 2 aromatic rings. The molecular formula is C12H13Cl. The molecule has 0 spiro atoms. The van der Waals surface area contributed by atoms with Crippen LogP contribution in [0.1, 0.15) is 11.1 Å². The van der Waals surface area contributed by atoms with Crippen molar-refractivity contribution in [3.63, 3.8) is 0 Å². The van der Waals surface area contributed by atoms with E-state index < -0.39 is 0 Å². The summed E-state index contributed by atoms with van der Waals surface area (Å²) in [4.78, 5) is 0. The van der Waals surface area contributed by atoms with Crippen molar-refractivity contribution in [2.24, 2.45) is 0 Å². The second-order valence-corrected chi connectivity index (χ2v) is 3.23. The summed E-state index contributed by atoms with van der Waals surface area (Å²) in [7, 11) is 0. The standard InChI is InChI=1S/C12H12.ClH/c1-9-7-8-11-5-3-4-6-12(11)10(9)2;/h3-8H,1-2H3;1H. The van der Waals surface area contributed by atoms with Crippen molar-refractivity contribution >= 4 is 23.2 Å².